The van der Waals surface area contributed by atoms with Gasteiger partial charge in [0.05, 0.1) is 39.4 Å². The number of anilines is 3. The number of benzene rings is 2. The van der Waals surface area contributed by atoms with Crippen LogP contribution in [0.25, 0.3) is 32.2 Å². The van der Waals surface area contributed by atoms with E-state index in [1.165, 1.54) is 34.2 Å². The highest BCUT2D eigenvalue weighted by Crippen LogP contribution is 2.47. The number of likely N-dealkylation sites (N-methyl/N-ethyl adjacent to an activating group) is 1. The molecule has 0 aliphatic carbocycles. The second kappa shape index (κ2) is 11.7. The van der Waals surface area contributed by atoms with Crippen LogP contribution >= 0.6 is 22.9 Å². The quantitative estimate of drug-likeness (QED) is 0.228. The number of hydrogen-bond acceptors (Lipinski definition) is 9. The largest absolute Gasteiger partial charge is 0.444 e. The van der Waals surface area contributed by atoms with Crippen LogP contribution in [-0.4, -0.2) is 76.4 Å². The number of piperazine rings is 1. The van der Waals surface area contributed by atoms with Crippen LogP contribution in [0.1, 0.15) is 48.5 Å². The number of carbonyl (C=O) groups is 3. The van der Waals surface area contributed by atoms with Crippen molar-refractivity contribution in [1.29, 1.82) is 0 Å². The van der Waals surface area contributed by atoms with Gasteiger partial charge in [-0.05, 0) is 66.7 Å². The highest BCUT2D eigenvalue weighted by molar-refractivity contribution is 7.22. The van der Waals surface area contributed by atoms with Gasteiger partial charge in [0.2, 0.25) is 0 Å². The molecule has 6 rings (SSSR count). The number of pyridine rings is 1. The zero-order valence-electron chi connectivity index (χ0n) is 27.7. The van der Waals surface area contributed by atoms with Gasteiger partial charge in [-0.3, -0.25) is 15.1 Å². The average Bonchev–Trinajstić information content (AvgIpc) is 3.36. The fourth-order valence-electron chi connectivity index (χ4n) is 6.02. The monoisotopic (exact) mass is 700 g/mol. The molecule has 2 aliphatic rings. The van der Waals surface area contributed by atoms with Crippen LogP contribution < -0.4 is 15.1 Å². The highest BCUT2D eigenvalue weighted by Gasteiger charge is 2.45. The van der Waals surface area contributed by atoms with Gasteiger partial charge >= 0.3 is 12.2 Å². The topological polar surface area (TPSA) is 117 Å². The molecule has 11 nitrogen and oxygen atoms in total. The summed E-state index contributed by atoms with van der Waals surface area (Å²) in [4.78, 5) is 52.6. The van der Waals surface area contributed by atoms with Crippen LogP contribution in [0, 0.1) is 11.6 Å². The molecule has 2 atom stereocenters. The van der Waals surface area contributed by atoms with Crippen molar-refractivity contribution in [3.63, 3.8) is 0 Å². The molecule has 2 aromatic carbocycles. The number of thiazole rings is 1. The molecular formula is C33H35ClF2N6O5S. The van der Waals surface area contributed by atoms with E-state index in [9.17, 15) is 14.4 Å². The maximum absolute atomic E-state index is 16.7. The first-order valence-electron chi connectivity index (χ1n) is 15.3. The van der Waals surface area contributed by atoms with Gasteiger partial charge in [0.25, 0.3) is 5.91 Å². The van der Waals surface area contributed by atoms with Gasteiger partial charge in [-0.25, -0.2) is 23.4 Å². The standard InChI is InChI=1S/C33H35ClF2N6O5S/c1-15-13-42-20(14-41(15)31(45)47-33(5,6)7)28(43)40(8)19-12-37-25-16(27(19)42)11-17(34)22(24(25)36)23-18(35)9-10-21-26(23)38-29(48-21)39-30(44)46-32(2,3)4/h9-12,15,20H,13-14H2,1-8H3,(H,38,39,44)/t15-,20-/m1/s1. The summed E-state index contributed by atoms with van der Waals surface area (Å²) >= 11 is 7.87. The number of ether oxygens (including phenoxy) is 2. The molecule has 0 spiro atoms. The number of halogens is 3. The van der Waals surface area contributed by atoms with Gasteiger partial charge in [-0.1, -0.05) is 22.9 Å². The summed E-state index contributed by atoms with van der Waals surface area (Å²) in [6.45, 7) is 12.6. The molecule has 15 heteroatoms. The van der Waals surface area contributed by atoms with Crippen molar-refractivity contribution in [1.82, 2.24) is 14.9 Å². The summed E-state index contributed by atoms with van der Waals surface area (Å²) in [5.74, 6) is -1.91. The van der Waals surface area contributed by atoms with Crippen LogP contribution in [-0.2, 0) is 14.3 Å². The van der Waals surface area contributed by atoms with E-state index in [0.29, 0.717) is 21.5 Å². The lowest BCUT2D eigenvalue weighted by molar-refractivity contribution is -0.121. The lowest BCUT2D eigenvalue weighted by Crippen LogP contribution is -2.66. The number of amides is 3. The smallest absolute Gasteiger partial charge is 0.413 e. The summed E-state index contributed by atoms with van der Waals surface area (Å²) < 4.78 is 43.7. The predicted molar refractivity (Wildman–Crippen MR) is 182 cm³/mol. The van der Waals surface area contributed by atoms with Crippen LogP contribution in [0.15, 0.2) is 24.4 Å². The van der Waals surface area contributed by atoms with Crippen LogP contribution in [0.4, 0.5) is 34.9 Å². The number of fused-ring (bicyclic) bond motifs is 6. The van der Waals surface area contributed by atoms with Crippen molar-refractivity contribution in [2.24, 2.45) is 0 Å². The van der Waals surface area contributed by atoms with Gasteiger partial charge in [-0.2, -0.15) is 0 Å². The minimum atomic E-state index is -0.877. The molecule has 3 amide bonds. The Balaban J connectivity index is 1.44. The third kappa shape index (κ3) is 5.96. The number of nitrogens with zero attached hydrogens (tertiary/aromatic N) is 5. The summed E-state index contributed by atoms with van der Waals surface area (Å²) in [5, 5.41) is 2.90. The Morgan fingerprint density at radius 3 is 2.40 bits per heavy atom. The van der Waals surface area contributed by atoms with E-state index in [2.05, 4.69) is 15.3 Å². The van der Waals surface area contributed by atoms with Crippen molar-refractivity contribution >= 4 is 78.7 Å². The van der Waals surface area contributed by atoms with Crippen LogP contribution in [0.5, 0.6) is 0 Å². The molecule has 1 fully saturated rings. The number of aromatic nitrogens is 2. The van der Waals surface area contributed by atoms with E-state index in [-0.39, 0.29) is 57.4 Å². The molecule has 2 aromatic heterocycles. The van der Waals surface area contributed by atoms with E-state index < -0.39 is 41.1 Å². The van der Waals surface area contributed by atoms with E-state index in [1.807, 2.05) is 11.8 Å². The van der Waals surface area contributed by atoms with E-state index in [0.717, 1.165) is 11.3 Å². The second-order valence-corrected chi connectivity index (χ2v) is 15.3. The summed E-state index contributed by atoms with van der Waals surface area (Å²) in [6, 6.07) is 3.04. The second-order valence-electron chi connectivity index (χ2n) is 13.9. The molecule has 4 heterocycles. The van der Waals surface area contributed by atoms with Crippen LogP contribution in [0.2, 0.25) is 5.02 Å². The van der Waals surface area contributed by atoms with Crippen molar-refractivity contribution < 1.29 is 32.6 Å². The molecule has 0 bridgehead atoms. The Morgan fingerprint density at radius 1 is 1.04 bits per heavy atom. The van der Waals surface area contributed by atoms with E-state index >= 15 is 8.78 Å². The van der Waals surface area contributed by atoms with Gasteiger partial charge < -0.3 is 24.2 Å². The first-order chi connectivity index (χ1) is 22.3. The Bertz CT molecular complexity index is 2010. The molecule has 1 N–H and O–H groups in total. The number of nitrogens with one attached hydrogen (secondary N) is 1. The van der Waals surface area contributed by atoms with Gasteiger partial charge in [-0.15, -0.1) is 0 Å². The molecule has 0 saturated carbocycles. The fourth-order valence-corrected chi connectivity index (χ4v) is 7.17. The number of hydrogen-bond donors (Lipinski definition) is 1. The molecule has 0 unspecified atom stereocenters. The summed E-state index contributed by atoms with van der Waals surface area (Å²) in [5.41, 5.74) is -0.930. The van der Waals surface area contributed by atoms with Crippen LogP contribution in [0.3, 0.4) is 0 Å². The molecular weight excluding hydrogens is 666 g/mol. The molecule has 48 heavy (non-hydrogen) atoms. The maximum atomic E-state index is 16.7. The molecule has 4 aromatic rings. The molecule has 254 valence electrons. The normalized spacial score (nSPS) is 18.2. The SMILES string of the molecule is C[C@@H]1CN2c3c(cnc4c(F)c(-c5c(F)ccc6sc(NC(=O)OC(C)(C)C)nc56)c(Cl)cc34)N(C)C(=O)[C@H]2CN1C(=O)OC(C)(C)C. The zero-order chi connectivity index (χ0) is 35.0. The average molecular weight is 701 g/mol. The maximum Gasteiger partial charge on any atom is 0.413 e. The third-order valence-electron chi connectivity index (χ3n) is 8.01. The first-order valence-corrected chi connectivity index (χ1v) is 16.5. The minimum absolute atomic E-state index is 0.0491. The molecule has 2 aliphatic heterocycles. The summed E-state index contributed by atoms with van der Waals surface area (Å²) in [7, 11) is 1.59. The first kappa shape index (κ1) is 33.6. The Labute approximate surface area is 284 Å². The minimum Gasteiger partial charge on any atom is -0.444 e. The lowest BCUT2D eigenvalue weighted by Gasteiger charge is -2.49. The van der Waals surface area contributed by atoms with Crippen molar-refractivity contribution in [2.75, 3.05) is 35.3 Å². The Kier molecular flexibility index (Phi) is 8.18. The van der Waals surface area contributed by atoms with Crippen molar-refractivity contribution in [3.8, 4) is 11.1 Å². The van der Waals surface area contributed by atoms with Crippen molar-refractivity contribution in [3.05, 3.63) is 41.1 Å². The van der Waals surface area contributed by atoms with Gasteiger partial charge in [0.15, 0.2) is 10.9 Å². The lowest BCUT2D eigenvalue weighted by atomic mass is 9.96. The Morgan fingerprint density at radius 2 is 1.73 bits per heavy atom. The van der Waals surface area contributed by atoms with Gasteiger partial charge in [0, 0.05) is 36.1 Å². The fraction of sp³-hybridized carbons (Fsp3) is 0.424. The number of rotatable bonds is 2. The summed E-state index contributed by atoms with van der Waals surface area (Å²) in [6.07, 6.45) is 0.132. The molecule has 0 radical (unpaired) electrons. The number of carbonyl (C=O) groups excluding carboxylic acids is 3. The van der Waals surface area contributed by atoms with E-state index in [1.54, 1.807) is 48.6 Å². The highest BCUT2D eigenvalue weighted by atomic mass is 35.5. The van der Waals surface area contributed by atoms with E-state index in [4.69, 9.17) is 21.1 Å². The molecule has 1 saturated heterocycles. The van der Waals surface area contributed by atoms with Crippen molar-refractivity contribution in [2.45, 2.75) is 71.8 Å². The van der Waals surface area contributed by atoms with Gasteiger partial charge in [0.1, 0.15) is 28.6 Å². The predicted octanol–water partition coefficient (Wildman–Crippen LogP) is 7.58. The Hall–Kier alpha value is -4.30. The third-order valence-corrected chi connectivity index (χ3v) is 9.24. The zero-order valence-corrected chi connectivity index (χ0v) is 29.3.